The summed E-state index contributed by atoms with van der Waals surface area (Å²) in [4.78, 5) is 48.3. The molecule has 8 nitrogen and oxygen atoms in total. The number of benzene rings is 2. The Bertz CT molecular complexity index is 1420. The number of carbonyl (C=O) groups excluding carboxylic acids is 3. The standard InChI is InChI=1S/C32H34ClN3O5/c1-3-31-15-8-17-34(22-12-5-4-6-13-22)28(38)24(31)25-29(39)36(19-10-20-37)27-30(40)35(18-9-16-32(25,27)41-31)26-21(2)11-7-14-23(26)33/h4-9,11-16,24-25,27,37H,3,10,17-20H2,1-2H3/t24-,25+,27?,31+,32+/m1/s1. The second kappa shape index (κ2) is 10.4. The molecule has 2 saturated heterocycles. The van der Waals surface area contributed by atoms with Gasteiger partial charge in [0.25, 0.3) is 5.91 Å². The van der Waals surface area contributed by atoms with Crippen LogP contribution in [0.1, 0.15) is 25.3 Å². The first kappa shape index (κ1) is 27.7. The highest BCUT2D eigenvalue weighted by atomic mass is 35.5. The van der Waals surface area contributed by atoms with Crippen LogP contribution in [0.4, 0.5) is 11.4 Å². The van der Waals surface area contributed by atoms with Crippen molar-refractivity contribution in [1.29, 1.82) is 0 Å². The maximum Gasteiger partial charge on any atom is 0.253 e. The van der Waals surface area contributed by atoms with E-state index < -0.39 is 29.1 Å². The molecule has 4 aliphatic heterocycles. The summed E-state index contributed by atoms with van der Waals surface area (Å²) >= 11 is 6.62. The van der Waals surface area contributed by atoms with Gasteiger partial charge in [0.15, 0.2) is 0 Å². The number of nitrogens with zero attached hydrogens (tertiary/aromatic N) is 3. The minimum Gasteiger partial charge on any atom is -0.396 e. The summed E-state index contributed by atoms with van der Waals surface area (Å²) in [5, 5.41) is 10.1. The average Bonchev–Trinajstić information content (AvgIpc) is 3.25. The molecule has 9 heteroatoms. The van der Waals surface area contributed by atoms with Gasteiger partial charge >= 0.3 is 0 Å². The fraction of sp³-hybridized carbons (Fsp3) is 0.406. The second-order valence-electron chi connectivity index (χ2n) is 11.2. The molecule has 41 heavy (non-hydrogen) atoms. The summed E-state index contributed by atoms with van der Waals surface area (Å²) in [6, 6.07) is 13.8. The zero-order valence-electron chi connectivity index (χ0n) is 23.2. The molecule has 2 aromatic rings. The minimum absolute atomic E-state index is 0.141. The van der Waals surface area contributed by atoms with Crippen molar-refractivity contribution in [2.75, 3.05) is 36.0 Å². The van der Waals surface area contributed by atoms with Crippen LogP contribution in [-0.4, -0.2) is 71.2 Å². The van der Waals surface area contributed by atoms with Gasteiger partial charge in [-0.3, -0.25) is 14.4 Å². The third kappa shape index (κ3) is 4.07. The first-order valence-electron chi connectivity index (χ1n) is 14.2. The SMILES string of the molecule is CC[C@]12C=CCN(c3ccccc3)C(=O)[C@H]1[C@H]1C(=O)N(CCCO)C3C(=O)N(c4c(C)cccc4Cl)CC=C[C@@]31O2. The van der Waals surface area contributed by atoms with E-state index in [1.807, 2.05) is 80.6 Å². The van der Waals surface area contributed by atoms with Crippen LogP contribution in [0.5, 0.6) is 0 Å². The lowest BCUT2D eigenvalue weighted by atomic mass is 9.73. The predicted molar refractivity (Wildman–Crippen MR) is 157 cm³/mol. The molecule has 4 aliphatic rings. The molecule has 1 spiro atoms. The number of ether oxygens (including phenoxy) is 1. The number of fused-ring (bicyclic) bond motifs is 2. The van der Waals surface area contributed by atoms with Crippen LogP contribution in [0.2, 0.25) is 5.02 Å². The van der Waals surface area contributed by atoms with Crippen molar-refractivity contribution in [3.8, 4) is 0 Å². The molecule has 3 amide bonds. The Morgan fingerprint density at radius 3 is 2.37 bits per heavy atom. The molecular formula is C32H34ClN3O5. The van der Waals surface area contributed by atoms with Gasteiger partial charge in [0, 0.05) is 31.9 Å². The number of anilines is 2. The topological polar surface area (TPSA) is 90.4 Å². The molecule has 1 N–H and O–H groups in total. The molecule has 2 fully saturated rings. The Morgan fingerprint density at radius 1 is 0.927 bits per heavy atom. The summed E-state index contributed by atoms with van der Waals surface area (Å²) in [6.07, 6.45) is 8.29. The third-order valence-corrected chi connectivity index (χ3v) is 9.33. The van der Waals surface area contributed by atoms with E-state index >= 15 is 0 Å². The van der Waals surface area contributed by atoms with Gasteiger partial charge in [0.05, 0.1) is 28.1 Å². The van der Waals surface area contributed by atoms with Gasteiger partial charge in [0.2, 0.25) is 11.8 Å². The van der Waals surface area contributed by atoms with Gasteiger partial charge in [-0.25, -0.2) is 0 Å². The monoisotopic (exact) mass is 575 g/mol. The van der Waals surface area contributed by atoms with E-state index in [0.29, 0.717) is 30.1 Å². The summed E-state index contributed by atoms with van der Waals surface area (Å²) in [6.45, 7) is 4.45. The van der Waals surface area contributed by atoms with Crippen molar-refractivity contribution in [3.05, 3.63) is 83.4 Å². The van der Waals surface area contributed by atoms with Gasteiger partial charge in [-0.1, -0.05) is 73.2 Å². The number of para-hydroxylation sites is 2. The molecular weight excluding hydrogens is 542 g/mol. The van der Waals surface area contributed by atoms with Gasteiger partial charge in [0.1, 0.15) is 11.6 Å². The molecule has 0 aliphatic carbocycles. The number of rotatable bonds is 6. The molecule has 0 aromatic heterocycles. The average molecular weight is 576 g/mol. The Labute approximate surface area is 244 Å². The van der Waals surface area contributed by atoms with E-state index in [9.17, 15) is 19.5 Å². The van der Waals surface area contributed by atoms with Gasteiger partial charge in [-0.15, -0.1) is 0 Å². The van der Waals surface area contributed by atoms with Crippen LogP contribution in [0.3, 0.4) is 0 Å². The number of aryl methyl sites for hydroxylation is 1. The highest BCUT2D eigenvalue weighted by molar-refractivity contribution is 6.34. The molecule has 214 valence electrons. The molecule has 1 unspecified atom stereocenters. The third-order valence-electron chi connectivity index (χ3n) is 9.02. The lowest BCUT2D eigenvalue weighted by Crippen LogP contribution is -2.56. The molecule has 6 rings (SSSR count). The van der Waals surface area contributed by atoms with Crippen molar-refractivity contribution in [1.82, 2.24) is 4.90 Å². The molecule has 5 atom stereocenters. The number of aliphatic hydroxyl groups excluding tert-OH is 1. The number of aliphatic hydroxyl groups is 1. The van der Waals surface area contributed by atoms with Gasteiger partial charge in [-0.2, -0.15) is 0 Å². The normalized spacial score (nSPS) is 30.8. The largest absolute Gasteiger partial charge is 0.396 e. The van der Waals surface area contributed by atoms with Crippen molar-refractivity contribution in [3.63, 3.8) is 0 Å². The molecule has 2 aromatic carbocycles. The molecule has 0 radical (unpaired) electrons. The highest BCUT2D eigenvalue weighted by Gasteiger charge is 2.75. The summed E-state index contributed by atoms with van der Waals surface area (Å²) in [5.74, 6) is -2.59. The van der Waals surface area contributed by atoms with E-state index in [2.05, 4.69) is 0 Å². The summed E-state index contributed by atoms with van der Waals surface area (Å²) < 4.78 is 7.00. The van der Waals surface area contributed by atoms with Crippen LogP contribution in [0.25, 0.3) is 0 Å². The van der Waals surface area contributed by atoms with E-state index in [1.54, 1.807) is 15.9 Å². The van der Waals surface area contributed by atoms with Gasteiger partial charge < -0.3 is 24.5 Å². The van der Waals surface area contributed by atoms with Crippen molar-refractivity contribution in [2.24, 2.45) is 11.8 Å². The number of halogens is 1. The van der Waals surface area contributed by atoms with E-state index in [1.165, 1.54) is 4.90 Å². The zero-order valence-corrected chi connectivity index (χ0v) is 24.0. The van der Waals surface area contributed by atoms with Crippen LogP contribution >= 0.6 is 11.6 Å². The Hall–Kier alpha value is -3.46. The number of hydrogen-bond donors (Lipinski definition) is 1. The van der Waals surface area contributed by atoms with Crippen molar-refractivity contribution < 1.29 is 24.2 Å². The maximum atomic E-state index is 14.6. The minimum atomic E-state index is -1.37. The van der Waals surface area contributed by atoms with E-state index in [4.69, 9.17) is 16.3 Å². The lowest BCUT2D eigenvalue weighted by molar-refractivity contribution is -0.145. The summed E-state index contributed by atoms with van der Waals surface area (Å²) in [5.41, 5.74) is -0.280. The van der Waals surface area contributed by atoms with Crippen LogP contribution in [0.15, 0.2) is 72.8 Å². The van der Waals surface area contributed by atoms with Crippen LogP contribution < -0.4 is 9.80 Å². The van der Waals surface area contributed by atoms with E-state index in [0.717, 1.165) is 11.3 Å². The van der Waals surface area contributed by atoms with Crippen molar-refractivity contribution in [2.45, 2.75) is 43.9 Å². The van der Waals surface area contributed by atoms with Crippen LogP contribution in [-0.2, 0) is 19.1 Å². The quantitative estimate of drug-likeness (QED) is 0.528. The van der Waals surface area contributed by atoms with Crippen molar-refractivity contribution >= 4 is 40.7 Å². The van der Waals surface area contributed by atoms with E-state index in [-0.39, 0.29) is 37.4 Å². The number of likely N-dealkylation sites (tertiary alicyclic amines) is 1. The van der Waals surface area contributed by atoms with Crippen LogP contribution in [0, 0.1) is 18.8 Å². The highest BCUT2D eigenvalue weighted by Crippen LogP contribution is 2.59. The second-order valence-corrected chi connectivity index (χ2v) is 11.6. The number of amides is 3. The molecule has 0 saturated carbocycles. The number of hydrogen-bond acceptors (Lipinski definition) is 5. The maximum absolute atomic E-state index is 14.6. The van der Waals surface area contributed by atoms with Gasteiger partial charge in [-0.05, 0) is 43.5 Å². The Morgan fingerprint density at radius 2 is 1.66 bits per heavy atom. The molecule has 0 bridgehead atoms. The smallest absolute Gasteiger partial charge is 0.253 e. The summed E-state index contributed by atoms with van der Waals surface area (Å²) in [7, 11) is 0. The molecule has 4 heterocycles. The Balaban J connectivity index is 1.50. The fourth-order valence-corrected chi connectivity index (χ4v) is 7.57. The lowest BCUT2D eigenvalue weighted by Gasteiger charge is -2.38. The predicted octanol–water partition coefficient (Wildman–Crippen LogP) is 3.90. The first-order valence-corrected chi connectivity index (χ1v) is 14.6. The number of carbonyl (C=O) groups is 3. The zero-order chi connectivity index (χ0) is 28.9. The Kier molecular flexibility index (Phi) is 7.04. The first-order chi connectivity index (χ1) is 19.8. The fourth-order valence-electron chi connectivity index (χ4n) is 7.25.